The Balaban J connectivity index is 1.47. The second kappa shape index (κ2) is 13.0. The number of ketones is 1. The lowest BCUT2D eigenvalue weighted by Crippen LogP contribution is -2.52. The van der Waals surface area contributed by atoms with Crippen LogP contribution in [0.4, 0.5) is 14.5 Å². The van der Waals surface area contributed by atoms with Crippen molar-refractivity contribution in [3.8, 4) is 0 Å². The molecule has 224 valence electrons. The van der Waals surface area contributed by atoms with Crippen LogP contribution in [0.25, 0.3) is 0 Å². The van der Waals surface area contributed by atoms with E-state index < -0.39 is 35.5 Å². The third-order valence-electron chi connectivity index (χ3n) is 7.87. The standard InChI is InChI=1S/C32H32ClF2N5O3/c1-21-30(38-16-14-37(15-17-38)20-29(41)23-10-5-6-11-25(23)33)31(42)40(19-28(36)22-8-3-2-4-9-22)32(43)39(21)18-24-26(34)12-7-13-27(24)35/h2-13,28H,14-20,36H2,1H3/t28-/m1/s1. The molecule has 0 aliphatic carbocycles. The van der Waals surface area contributed by atoms with Crippen LogP contribution in [0.2, 0.25) is 5.02 Å². The molecule has 1 aliphatic heterocycles. The Labute approximate surface area is 252 Å². The first-order chi connectivity index (χ1) is 20.7. The van der Waals surface area contributed by atoms with E-state index in [4.69, 9.17) is 17.3 Å². The number of Topliss-reactive ketones (excluding diaryl/α,β-unsaturated/α-hetero) is 1. The molecule has 2 heterocycles. The molecule has 1 aliphatic rings. The van der Waals surface area contributed by atoms with Gasteiger partial charge in [0, 0.05) is 49.0 Å². The normalized spacial score (nSPS) is 14.6. The lowest BCUT2D eigenvalue weighted by molar-refractivity contribution is 0.0926. The number of halogens is 3. The van der Waals surface area contributed by atoms with Crippen molar-refractivity contribution in [3.63, 3.8) is 0 Å². The van der Waals surface area contributed by atoms with E-state index in [1.54, 1.807) is 43.3 Å². The van der Waals surface area contributed by atoms with Crippen LogP contribution in [0.3, 0.4) is 0 Å². The van der Waals surface area contributed by atoms with E-state index in [2.05, 4.69) is 0 Å². The van der Waals surface area contributed by atoms with Crippen molar-refractivity contribution in [1.82, 2.24) is 14.0 Å². The van der Waals surface area contributed by atoms with Gasteiger partial charge in [0.05, 0.1) is 24.7 Å². The van der Waals surface area contributed by atoms with Crippen molar-refractivity contribution < 1.29 is 13.6 Å². The van der Waals surface area contributed by atoms with Crippen molar-refractivity contribution in [2.75, 3.05) is 37.6 Å². The summed E-state index contributed by atoms with van der Waals surface area (Å²) in [6, 6.07) is 18.8. The maximum absolute atomic E-state index is 14.7. The molecule has 0 spiro atoms. The van der Waals surface area contributed by atoms with E-state index in [0.29, 0.717) is 42.5 Å². The molecule has 1 aromatic heterocycles. The number of nitrogens with zero attached hydrogens (tertiary/aromatic N) is 4. The van der Waals surface area contributed by atoms with Gasteiger partial charge in [-0.1, -0.05) is 60.1 Å². The topological polar surface area (TPSA) is 93.6 Å². The SMILES string of the molecule is Cc1c(N2CCN(CC(=O)c3ccccc3Cl)CC2)c(=O)n(C[C@@H](N)c2ccccc2)c(=O)n1Cc1c(F)cccc1F. The fraction of sp³-hybridized carbons (Fsp3) is 0.281. The van der Waals surface area contributed by atoms with Crippen molar-refractivity contribution in [2.45, 2.75) is 26.1 Å². The molecule has 1 atom stereocenters. The number of hydrogen-bond donors (Lipinski definition) is 1. The van der Waals surface area contributed by atoms with Crippen LogP contribution in [0.5, 0.6) is 0 Å². The van der Waals surface area contributed by atoms with Gasteiger partial charge in [-0.15, -0.1) is 0 Å². The number of benzene rings is 3. The summed E-state index contributed by atoms with van der Waals surface area (Å²) < 4.78 is 31.6. The minimum absolute atomic E-state index is 0.104. The predicted molar refractivity (Wildman–Crippen MR) is 163 cm³/mol. The van der Waals surface area contributed by atoms with Gasteiger partial charge >= 0.3 is 5.69 Å². The summed E-state index contributed by atoms with van der Waals surface area (Å²) in [5.41, 5.74) is 6.64. The predicted octanol–water partition coefficient (Wildman–Crippen LogP) is 4.00. The molecule has 11 heteroatoms. The number of nitrogens with two attached hydrogens (primary N) is 1. The number of aromatic nitrogens is 2. The summed E-state index contributed by atoms with van der Waals surface area (Å²) in [6.07, 6.45) is 0. The lowest BCUT2D eigenvalue weighted by Gasteiger charge is -2.36. The van der Waals surface area contributed by atoms with Crippen LogP contribution >= 0.6 is 11.6 Å². The zero-order valence-corrected chi connectivity index (χ0v) is 24.4. The fourth-order valence-corrected chi connectivity index (χ4v) is 5.69. The van der Waals surface area contributed by atoms with E-state index in [-0.39, 0.29) is 30.1 Å². The Hall–Kier alpha value is -4.12. The van der Waals surface area contributed by atoms with Crippen molar-refractivity contribution >= 4 is 23.1 Å². The van der Waals surface area contributed by atoms with Gasteiger partial charge < -0.3 is 10.6 Å². The molecular weight excluding hydrogens is 576 g/mol. The maximum Gasteiger partial charge on any atom is 0.331 e. The summed E-state index contributed by atoms with van der Waals surface area (Å²) >= 11 is 6.20. The summed E-state index contributed by atoms with van der Waals surface area (Å²) in [5, 5.41) is 0.393. The molecule has 0 amide bonds. The van der Waals surface area contributed by atoms with E-state index in [1.165, 1.54) is 10.6 Å². The average Bonchev–Trinajstić information content (AvgIpc) is 3.00. The third-order valence-corrected chi connectivity index (χ3v) is 8.20. The Bertz CT molecular complexity index is 1730. The highest BCUT2D eigenvalue weighted by Crippen LogP contribution is 2.21. The van der Waals surface area contributed by atoms with Gasteiger partial charge in [0.25, 0.3) is 5.56 Å². The summed E-state index contributed by atoms with van der Waals surface area (Å²) in [6.45, 7) is 2.97. The van der Waals surface area contributed by atoms with E-state index in [1.807, 2.05) is 28.0 Å². The van der Waals surface area contributed by atoms with Gasteiger partial charge in [-0.3, -0.25) is 23.6 Å². The average molecular weight is 608 g/mol. The number of carbonyl (C=O) groups excluding carboxylic acids is 1. The van der Waals surface area contributed by atoms with Crippen molar-refractivity contribution in [3.05, 3.63) is 133 Å². The van der Waals surface area contributed by atoms with Crippen LogP contribution in [0.15, 0.2) is 82.4 Å². The molecule has 0 saturated carbocycles. The summed E-state index contributed by atoms with van der Waals surface area (Å²) in [4.78, 5) is 44.3. The van der Waals surface area contributed by atoms with Gasteiger partial charge in [-0.25, -0.2) is 13.6 Å². The summed E-state index contributed by atoms with van der Waals surface area (Å²) in [5.74, 6) is -1.68. The second-order valence-electron chi connectivity index (χ2n) is 10.6. The van der Waals surface area contributed by atoms with Gasteiger partial charge in [0.2, 0.25) is 0 Å². The molecule has 3 aromatic carbocycles. The Morgan fingerprint density at radius 2 is 1.51 bits per heavy atom. The highest BCUT2D eigenvalue weighted by molar-refractivity contribution is 6.34. The number of hydrogen-bond acceptors (Lipinski definition) is 6. The maximum atomic E-state index is 14.7. The monoisotopic (exact) mass is 607 g/mol. The van der Waals surface area contributed by atoms with Crippen molar-refractivity contribution in [2.24, 2.45) is 5.73 Å². The highest BCUT2D eigenvalue weighted by atomic mass is 35.5. The van der Waals surface area contributed by atoms with Crippen molar-refractivity contribution in [1.29, 1.82) is 0 Å². The number of carbonyl (C=O) groups is 1. The molecule has 4 aromatic rings. The Kier molecular flexibility index (Phi) is 9.19. The third kappa shape index (κ3) is 6.46. The van der Waals surface area contributed by atoms with E-state index in [0.717, 1.165) is 22.3 Å². The van der Waals surface area contributed by atoms with Gasteiger partial charge in [-0.2, -0.15) is 0 Å². The van der Waals surface area contributed by atoms with Gasteiger partial charge in [-0.05, 0) is 36.8 Å². The molecular formula is C32H32ClF2N5O3. The minimum Gasteiger partial charge on any atom is -0.363 e. The van der Waals surface area contributed by atoms with Crippen LogP contribution in [0, 0.1) is 18.6 Å². The number of piperazine rings is 1. The largest absolute Gasteiger partial charge is 0.363 e. The Morgan fingerprint density at radius 1 is 0.884 bits per heavy atom. The highest BCUT2D eigenvalue weighted by Gasteiger charge is 2.27. The lowest BCUT2D eigenvalue weighted by atomic mass is 10.1. The number of rotatable bonds is 9. The van der Waals surface area contributed by atoms with Crippen LogP contribution in [0.1, 0.15) is 33.2 Å². The fourth-order valence-electron chi connectivity index (χ4n) is 5.45. The molecule has 0 radical (unpaired) electrons. The first kappa shape index (κ1) is 30.3. The quantitative estimate of drug-likeness (QED) is 0.289. The smallest absolute Gasteiger partial charge is 0.331 e. The van der Waals surface area contributed by atoms with Crippen LogP contribution in [-0.2, 0) is 13.1 Å². The second-order valence-corrected chi connectivity index (χ2v) is 11.0. The molecule has 0 bridgehead atoms. The first-order valence-electron chi connectivity index (χ1n) is 14.0. The summed E-state index contributed by atoms with van der Waals surface area (Å²) in [7, 11) is 0. The first-order valence-corrected chi connectivity index (χ1v) is 14.4. The molecule has 1 saturated heterocycles. The van der Waals surface area contributed by atoms with E-state index in [9.17, 15) is 23.2 Å². The molecule has 2 N–H and O–H groups in total. The van der Waals surface area contributed by atoms with Crippen LogP contribution in [-0.4, -0.2) is 52.5 Å². The zero-order chi connectivity index (χ0) is 30.7. The number of anilines is 1. The van der Waals surface area contributed by atoms with Crippen LogP contribution < -0.4 is 21.9 Å². The zero-order valence-electron chi connectivity index (χ0n) is 23.7. The molecule has 5 rings (SSSR count). The van der Waals surface area contributed by atoms with Gasteiger partial charge in [0.15, 0.2) is 5.78 Å². The molecule has 0 unspecified atom stereocenters. The molecule has 1 fully saturated rings. The van der Waals surface area contributed by atoms with Gasteiger partial charge in [0.1, 0.15) is 17.3 Å². The van der Waals surface area contributed by atoms with E-state index >= 15 is 0 Å². The molecule has 8 nitrogen and oxygen atoms in total. The minimum atomic E-state index is -0.789. The Morgan fingerprint density at radius 3 is 2.16 bits per heavy atom. The molecule has 43 heavy (non-hydrogen) atoms.